The number of hydrogen-bond donors (Lipinski definition) is 2. The summed E-state index contributed by atoms with van der Waals surface area (Å²) in [7, 11) is 0. The van der Waals surface area contributed by atoms with Gasteiger partial charge in [0, 0.05) is 0 Å². The molecule has 2 aromatic carbocycles. The highest BCUT2D eigenvalue weighted by Gasteiger charge is 2.15. The zero-order valence-electron chi connectivity index (χ0n) is 9.63. The third-order valence-electron chi connectivity index (χ3n) is 2.72. The Labute approximate surface area is 128 Å². The normalized spacial score (nSPS) is 12.5. The summed E-state index contributed by atoms with van der Waals surface area (Å²) in [4.78, 5) is 0. The molecule has 0 spiro atoms. The number of rotatable bonds is 3. The first-order chi connectivity index (χ1) is 9.02. The third-order valence-corrected chi connectivity index (χ3v) is 4.07. The minimum atomic E-state index is -0.325. The average molecular weight is 364 g/mol. The fourth-order valence-corrected chi connectivity index (χ4v) is 2.47. The standard InChI is InChI=1S/C13H10BrCl2FN2/c14-9-5-7(2-4-12(9)17)13(19-18)8-1-3-10(15)11(16)6-8/h1-6,13,19H,18H2. The Morgan fingerprint density at radius 3 is 2.26 bits per heavy atom. The van der Waals surface area contributed by atoms with Crippen LogP contribution in [0.15, 0.2) is 40.9 Å². The highest BCUT2D eigenvalue weighted by Crippen LogP contribution is 2.30. The van der Waals surface area contributed by atoms with E-state index in [1.807, 2.05) is 6.07 Å². The van der Waals surface area contributed by atoms with Crippen molar-refractivity contribution in [3.8, 4) is 0 Å². The Morgan fingerprint density at radius 2 is 1.68 bits per heavy atom. The van der Waals surface area contributed by atoms with Gasteiger partial charge in [0.05, 0.1) is 20.6 Å². The van der Waals surface area contributed by atoms with Crippen LogP contribution in [0.5, 0.6) is 0 Å². The van der Waals surface area contributed by atoms with Crippen LogP contribution in [0.2, 0.25) is 10.0 Å². The van der Waals surface area contributed by atoms with Gasteiger partial charge in [-0.15, -0.1) is 0 Å². The molecule has 2 nitrogen and oxygen atoms in total. The summed E-state index contributed by atoms with van der Waals surface area (Å²) in [6.45, 7) is 0. The molecule has 0 aromatic heterocycles. The van der Waals surface area contributed by atoms with E-state index in [1.165, 1.54) is 6.07 Å². The van der Waals surface area contributed by atoms with E-state index in [-0.39, 0.29) is 11.9 Å². The van der Waals surface area contributed by atoms with Gasteiger partial charge in [0.1, 0.15) is 5.82 Å². The predicted molar refractivity (Wildman–Crippen MR) is 79.7 cm³/mol. The molecule has 100 valence electrons. The number of hydrogen-bond acceptors (Lipinski definition) is 2. The van der Waals surface area contributed by atoms with Crippen molar-refractivity contribution in [3.05, 3.63) is 67.9 Å². The van der Waals surface area contributed by atoms with Gasteiger partial charge >= 0.3 is 0 Å². The van der Waals surface area contributed by atoms with Crippen molar-refractivity contribution in [1.29, 1.82) is 0 Å². The van der Waals surface area contributed by atoms with Gasteiger partial charge in [-0.1, -0.05) is 35.3 Å². The van der Waals surface area contributed by atoms with Crippen LogP contribution in [0.4, 0.5) is 4.39 Å². The van der Waals surface area contributed by atoms with Gasteiger partial charge in [-0.25, -0.2) is 9.82 Å². The topological polar surface area (TPSA) is 38.0 Å². The summed E-state index contributed by atoms with van der Waals surface area (Å²) < 4.78 is 13.6. The van der Waals surface area contributed by atoms with E-state index in [9.17, 15) is 4.39 Å². The second-order valence-corrected chi connectivity index (χ2v) is 5.62. The summed E-state index contributed by atoms with van der Waals surface area (Å²) >= 11 is 15.0. The molecule has 1 atom stereocenters. The summed E-state index contributed by atoms with van der Waals surface area (Å²) in [6.07, 6.45) is 0. The SMILES string of the molecule is NNC(c1ccc(Cl)c(Cl)c1)c1ccc(F)c(Br)c1. The summed E-state index contributed by atoms with van der Waals surface area (Å²) in [5.41, 5.74) is 4.34. The Morgan fingerprint density at radius 1 is 1.05 bits per heavy atom. The van der Waals surface area contributed by atoms with Gasteiger partial charge in [0.15, 0.2) is 0 Å². The summed E-state index contributed by atoms with van der Waals surface area (Å²) in [6, 6.07) is 9.65. The Kier molecular flexibility index (Phi) is 4.81. The quantitative estimate of drug-likeness (QED) is 0.624. The highest BCUT2D eigenvalue weighted by atomic mass is 79.9. The second-order valence-electron chi connectivity index (χ2n) is 3.95. The number of halogens is 4. The van der Waals surface area contributed by atoms with E-state index in [0.717, 1.165) is 11.1 Å². The van der Waals surface area contributed by atoms with Gasteiger partial charge in [-0.05, 0) is 51.3 Å². The first-order valence-corrected chi connectivity index (χ1v) is 6.94. The van der Waals surface area contributed by atoms with Crippen LogP contribution in [-0.4, -0.2) is 0 Å². The maximum atomic E-state index is 13.2. The van der Waals surface area contributed by atoms with Gasteiger partial charge < -0.3 is 0 Å². The van der Waals surface area contributed by atoms with Gasteiger partial charge in [0.2, 0.25) is 0 Å². The molecule has 0 saturated heterocycles. The van der Waals surface area contributed by atoms with E-state index < -0.39 is 0 Å². The van der Waals surface area contributed by atoms with Gasteiger partial charge in [-0.2, -0.15) is 0 Å². The molecular weight excluding hydrogens is 354 g/mol. The first kappa shape index (κ1) is 14.8. The van der Waals surface area contributed by atoms with Crippen LogP contribution >= 0.6 is 39.1 Å². The molecule has 1 unspecified atom stereocenters. The van der Waals surface area contributed by atoms with E-state index >= 15 is 0 Å². The summed E-state index contributed by atoms with van der Waals surface area (Å²) in [5.74, 6) is 5.25. The van der Waals surface area contributed by atoms with Crippen molar-refractivity contribution in [3.63, 3.8) is 0 Å². The fraction of sp³-hybridized carbons (Fsp3) is 0.0769. The molecule has 2 aromatic rings. The number of benzene rings is 2. The van der Waals surface area contributed by atoms with Crippen LogP contribution in [0.1, 0.15) is 17.2 Å². The van der Waals surface area contributed by atoms with Crippen LogP contribution in [0, 0.1) is 5.82 Å². The molecule has 6 heteroatoms. The zero-order chi connectivity index (χ0) is 14.0. The van der Waals surface area contributed by atoms with Crippen LogP contribution in [0.25, 0.3) is 0 Å². The molecule has 0 aliphatic rings. The summed E-state index contributed by atoms with van der Waals surface area (Å²) in [5, 5.41) is 0.919. The molecule has 0 fully saturated rings. The molecule has 0 amide bonds. The van der Waals surface area contributed by atoms with Crippen LogP contribution < -0.4 is 11.3 Å². The lowest BCUT2D eigenvalue weighted by molar-refractivity contribution is 0.610. The van der Waals surface area contributed by atoms with Gasteiger partial charge in [-0.3, -0.25) is 5.84 Å². The minimum absolute atomic E-state index is 0.299. The van der Waals surface area contributed by atoms with E-state index in [4.69, 9.17) is 29.0 Å². The number of hydrazine groups is 1. The van der Waals surface area contributed by atoms with Crippen LogP contribution in [-0.2, 0) is 0 Å². The monoisotopic (exact) mass is 362 g/mol. The van der Waals surface area contributed by atoms with Gasteiger partial charge in [0.25, 0.3) is 0 Å². The van der Waals surface area contributed by atoms with E-state index in [0.29, 0.717) is 14.5 Å². The lowest BCUT2D eigenvalue weighted by Gasteiger charge is -2.18. The molecular formula is C13H10BrCl2FN2. The van der Waals surface area contributed by atoms with E-state index in [1.54, 1.807) is 24.3 Å². The molecule has 0 saturated carbocycles. The largest absolute Gasteiger partial charge is 0.271 e. The van der Waals surface area contributed by atoms with Crippen molar-refractivity contribution in [2.75, 3.05) is 0 Å². The van der Waals surface area contributed by atoms with E-state index in [2.05, 4.69) is 21.4 Å². The third kappa shape index (κ3) is 3.27. The number of nitrogens with two attached hydrogens (primary N) is 1. The Balaban J connectivity index is 2.43. The van der Waals surface area contributed by atoms with Crippen molar-refractivity contribution in [2.45, 2.75) is 6.04 Å². The molecule has 0 aliphatic carbocycles. The molecule has 19 heavy (non-hydrogen) atoms. The smallest absolute Gasteiger partial charge is 0.137 e. The molecule has 2 rings (SSSR count). The molecule has 0 radical (unpaired) electrons. The first-order valence-electron chi connectivity index (χ1n) is 5.39. The second kappa shape index (κ2) is 6.20. The molecule has 0 aliphatic heterocycles. The maximum Gasteiger partial charge on any atom is 0.137 e. The van der Waals surface area contributed by atoms with Crippen molar-refractivity contribution in [1.82, 2.24) is 5.43 Å². The predicted octanol–water partition coefficient (Wildman–Crippen LogP) is 4.45. The Hall–Kier alpha value is -0.650. The molecule has 0 heterocycles. The highest BCUT2D eigenvalue weighted by molar-refractivity contribution is 9.10. The zero-order valence-corrected chi connectivity index (χ0v) is 12.7. The lowest BCUT2D eigenvalue weighted by Crippen LogP contribution is -2.28. The Bertz CT molecular complexity index is 556. The maximum absolute atomic E-state index is 13.2. The van der Waals surface area contributed by atoms with Crippen molar-refractivity contribution < 1.29 is 4.39 Å². The lowest BCUT2D eigenvalue weighted by atomic mass is 9.99. The fourth-order valence-electron chi connectivity index (χ4n) is 1.77. The van der Waals surface area contributed by atoms with Crippen LogP contribution in [0.3, 0.4) is 0 Å². The molecule has 3 N–H and O–H groups in total. The molecule has 0 bridgehead atoms. The average Bonchev–Trinajstić information content (AvgIpc) is 2.39. The number of nitrogens with one attached hydrogen (secondary N) is 1. The van der Waals surface area contributed by atoms with Crippen molar-refractivity contribution >= 4 is 39.1 Å². The minimum Gasteiger partial charge on any atom is -0.271 e. The van der Waals surface area contributed by atoms with Crippen molar-refractivity contribution in [2.24, 2.45) is 5.84 Å².